The van der Waals surface area contributed by atoms with Crippen molar-refractivity contribution >= 4 is 28.1 Å². The maximum absolute atomic E-state index is 5.99. The van der Waals surface area contributed by atoms with Crippen LogP contribution in [0.4, 0.5) is 5.69 Å². The van der Waals surface area contributed by atoms with E-state index in [1.54, 1.807) is 12.4 Å². The second kappa shape index (κ2) is 5.02. The van der Waals surface area contributed by atoms with E-state index in [9.17, 15) is 0 Å². The molecule has 20 heavy (non-hydrogen) atoms. The predicted molar refractivity (Wildman–Crippen MR) is 82.4 cm³/mol. The van der Waals surface area contributed by atoms with Crippen LogP contribution in [0.3, 0.4) is 0 Å². The summed E-state index contributed by atoms with van der Waals surface area (Å²) in [5.41, 5.74) is 7.63. The number of aryl methyl sites for hydroxylation is 1. The number of hydrogen-bond acceptors (Lipinski definition) is 3. The lowest BCUT2D eigenvalue weighted by molar-refractivity contribution is 0.484. The fraction of sp³-hybridized carbons (Fsp3) is 0.0625. The summed E-state index contributed by atoms with van der Waals surface area (Å²) in [5, 5.41) is 2.52. The van der Waals surface area contributed by atoms with Crippen molar-refractivity contribution in [2.75, 3.05) is 5.73 Å². The Morgan fingerprint density at radius 2 is 1.85 bits per heavy atom. The molecule has 0 fully saturated rings. The van der Waals surface area contributed by atoms with Crippen LogP contribution in [-0.4, -0.2) is 4.98 Å². The van der Waals surface area contributed by atoms with Crippen molar-refractivity contribution in [3.63, 3.8) is 0 Å². The number of halogens is 1. The lowest BCUT2D eigenvalue weighted by atomic mass is 10.1. The minimum absolute atomic E-state index is 0.688. The molecular weight excluding hydrogens is 272 g/mol. The van der Waals surface area contributed by atoms with Gasteiger partial charge in [-0.1, -0.05) is 11.6 Å². The van der Waals surface area contributed by atoms with Crippen LogP contribution < -0.4 is 10.5 Å². The molecule has 0 radical (unpaired) electrons. The highest BCUT2D eigenvalue weighted by Gasteiger charge is 2.08. The predicted octanol–water partition coefficient (Wildman–Crippen LogP) is 4.57. The van der Waals surface area contributed by atoms with Crippen LogP contribution in [0.15, 0.2) is 48.8 Å². The number of aromatic nitrogens is 1. The zero-order valence-corrected chi connectivity index (χ0v) is 11.7. The highest BCUT2D eigenvalue weighted by atomic mass is 35.5. The summed E-state index contributed by atoms with van der Waals surface area (Å²) in [4.78, 5) is 4.10. The fourth-order valence-electron chi connectivity index (χ4n) is 2.12. The van der Waals surface area contributed by atoms with E-state index >= 15 is 0 Å². The molecular formula is C16H13ClN2O. The summed E-state index contributed by atoms with van der Waals surface area (Å²) >= 11 is 5.96. The van der Waals surface area contributed by atoms with Gasteiger partial charge < -0.3 is 10.5 Å². The van der Waals surface area contributed by atoms with Crippen LogP contribution in [-0.2, 0) is 0 Å². The molecule has 0 atom stereocenters. The molecule has 0 spiro atoms. The Kier molecular flexibility index (Phi) is 3.20. The van der Waals surface area contributed by atoms with Gasteiger partial charge in [-0.2, -0.15) is 0 Å². The second-order valence-corrected chi connectivity index (χ2v) is 5.02. The normalized spacial score (nSPS) is 10.7. The van der Waals surface area contributed by atoms with E-state index in [1.165, 1.54) is 0 Å². The molecule has 3 aromatic rings. The fourth-order valence-corrected chi connectivity index (χ4v) is 2.35. The zero-order chi connectivity index (χ0) is 14.1. The highest BCUT2D eigenvalue weighted by Crippen LogP contribution is 2.34. The first-order valence-electron chi connectivity index (χ1n) is 6.21. The summed E-state index contributed by atoms with van der Waals surface area (Å²) in [7, 11) is 0. The molecule has 2 N–H and O–H groups in total. The van der Waals surface area contributed by atoms with Gasteiger partial charge in [0.15, 0.2) is 0 Å². The third-order valence-corrected chi connectivity index (χ3v) is 3.40. The third-order valence-electron chi connectivity index (χ3n) is 3.17. The van der Waals surface area contributed by atoms with Crippen molar-refractivity contribution in [1.29, 1.82) is 0 Å². The average molecular weight is 285 g/mol. The molecule has 100 valence electrons. The van der Waals surface area contributed by atoms with Gasteiger partial charge in [0.1, 0.15) is 11.5 Å². The SMILES string of the molecule is Cc1cc(Cl)ccc1Oc1ccc(N)c2cnccc12. The summed E-state index contributed by atoms with van der Waals surface area (Å²) in [6.07, 6.45) is 3.47. The van der Waals surface area contributed by atoms with E-state index < -0.39 is 0 Å². The largest absolute Gasteiger partial charge is 0.456 e. The van der Waals surface area contributed by atoms with Gasteiger partial charge in [0, 0.05) is 33.9 Å². The molecule has 0 aliphatic carbocycles. The van der Waals surface area contributed by atoms with E-state index in [0.29, 0.717) is 10.7 Å². The van der Waals surface area contributed by atoms with Crippen LogP contribution in [0.5, 0.6) is 11.5 Å². The number of fused-ring (bicyclic) bond motifs is 1. The number of ether oxygens (including phenoxy) is 1. The van der Waals surface area contributed by atoms with E-state index in [0.717, 1.165) is 27.8 Å². The van der Waals surface area contributed by atoms with Gasteiger partial charge in [0.05, 0.1) is 0 Å². The number of nitrogen functional groups attached to an aromatic ring is 1. The topological polar surface area (TPSA) is 48.1 Å². The molecule has 1 heterocycles. The molecule has 0 bridgehead atoms. The number of hydrogen-bond donors (Lipinski definition) is 1. The Morgan fingerprint density at radius 1 is 1.05 bits per heavy atom. The molecule has 0 aliphatic heterocycles. The summed E-state index contributed by atoms with van der Waals surface area (Å²) in [6.45, 7) is 1.96. The maximum atomic E-state index is 5.99. The van der Waals surface area contributed by atoms with Crippen molar-refractivity contribution in [2.45, 2.75) is 6.92 Å². The maximum Gasteiger partial charge on any atom is 0.135 e. The Balaban J connectivity index is 2.09. The van der Waals surface area contributed by atoms with Gasteiger partial charge in [-0.05, 0) is 48.9 Å². The van der Waals surface area contributed by atoms with Crippen LogP contribution in [0.25, 0.3) is 10.8 Å². The summed E-state index contributed by atoms with van der Waals surface area (Å²) < 4.78 is 5.99. The summed E-state index contributed by atoms with van der Waals surface area (Å²) in [5.74, 6) is 1.53. The molecule has 2 aromatic carbocycles. The molecule has 1 aromatic heterocycles. The first kappa shape index (κ1) is 12.8. The van der Waals surface area contributed by atoms with Gasteiger partial charge in [-0.25, -0.2) is 0 Å². The summed E-state index contributed by atoms with van der Waals surface area (Å²) in [6, 6.07) is 11.1. The number of benzene rings is 2. The van der Waals surface area contributed by atoms with Gasteiger partial charge in [-0.15, -0.1) is 0 Å². The quantitative estimate of drug-likeness (QED) is 0.701. The zero-order valence-electron chi connectivity index (χ0n) is 10.9. The average Bonchev–Trinajstić information content (AvgIpc) is 2.45. The highest BCUT2D eigenvalue weighted by molar-refractivity contribution is 6.30. The van der Waals surface area contributed by atoms with Crippen molar-refractivity contribution in [3.8, 4) is 11.5 Å². The third kappa shape index (κ3) is 2.28. The van der Waals surface area contributed by atoms with Crippen molar-refractivity contribution in [1.82, 2.24) is 4.98 Å². The van der Waals surface area contributed by atoms with Gasteiger partial charge in [0.2, 0.25) is 0 Å². The first-order valence-corrected chi connectivity index (χ1v) is 6.59. The van der Waals surface area contributed by atoms with Crippen LogP contribution in [0.1, 0.15) is 5.56 Å². The molecule has 3 nitrogen and oxygen atoms in total. The molecule has 0 amide bonds. The number of anilines is 1. The molecule has 0 saturated heterocycles. The number of rotatable bonds is 2. The van der Waals surface area contributed by atoms with Gasteiger partial charge in [-0.3, -0.25) is 4.98 Å². The van der Waals surface area contributed by atoms with Crippen LogP contribution in [0, 0.1) is 6.92 Å². The molecule has 3 rings (SSSR count). The van der Waals surface area contributed by atoms with Crippen LogP contribution in [0.2, 0.25) is 5.02 Å². The Hall–Kier alpha value is -2.26. The lowest BCUT2D eigenvalue weighted by Crippen LogP contribution is -1.92. The van der Waals surface area contributed by atoms with Crippen molar-refractivity contribution in [3.05, 3.63) is 59.4 Å². The van der Waals surface area contributed by atoms with Crippen molar-refractivity contribution in [2.24, 2.45) is 0 Å². The number of nitrogens with zero attached hydrogens (tertiary/aromatic N) is 1. The van der Waals surface area contributed by atoms with Crippen LogP contribution >= 0.6 is 11.6 Å². The number of nitrogens with two attached hydrogens (primary N) is 1. The smallest absolute Gasteiger partial charge is 0.135 e. The standard InChI is InChI=1S/C16H13ClN2O/c1-10-8-11(17)2-4-15(10)20-16-5-3-14(18)13-9-19-7-6-12(13)16/h2-9H,18H2,1H3. The number of pyridine rings is 1. The van der Waals surface area contributed by atoms with E-state index in [4.69, 9.17) is 22.1 Å². The van der Waals surface area contributed by atoms with Gasteiger partial charge in [0.25, 0.3) is 0 Å². The molecule has 0 aliphatic rings. The van der Waals surface area contributed by atoms with E-state index in [2.05, 4.69) is 4.98 Å². The molecule has 4 heteroatoms. The Morgan fingerprint density at radius 3 is 2.65 bits per heavy atom. The minimum atomic E-state index is 0.688. The van der Waals surface area contributed by atoms with Crippen molar-refractivity contribution < 1.29 is 4.74 Å². The van der Waals surface area contributed by atoms with Gasteiger partial charge >= 0.3 is 0 Å². The molecule has 0 unspecified atom stereocenters. The molecule has 0 saturated carbocycles. The second-order valence-electron chi connectivity index (χ2n) is 4.59. The minimum Gasteiger partial charge on any atom is -0.456 e. The Bertz CT molecular complexity index is 787. The van der Waals surface area contributed by atoms with E-state index in [1.807, 2.05) is 43.3 Å². The Labute approximate surface area is 122 Å². The van der Waals surface area contributed by atoms with E-state index in [-0.39, 0.29) is 0 Å². The monoisotopic (exact) mass is 284 g/mol. The lowest BCUT2D eigenvalue weighted by Gasteiger charge is -2.12. The first-order chi connectivity index (χ1) is 9.65.